The second-order valence-corrected chi connectivity index (χ2v) is 16.1. The van der Waals surface area contributed by atoms with Crippen LogP contribution in [0.15, 0.2) is 11.6 Å². The lowest BCUT2D eigenvalue weighted by molar-refractivity contribution is -0.0641. The predicted molar refractivity (Wildman–Crippen MR) is 169 cm³/mol. The Morgan fingerprint density at radius 3 is 2.39 bits per heavy atom. The highest BCUT2D eigenvalue weighted by Gasteiger charge is 2.59. The maximum Gasteiger partial charge on any atom is 0.0612 e. The number of fused-ring (bicyclic) bond motifs is 5. The van der Waals surface area contributed by atoms with Gasteiger partial charge in [-0.2, -0.15) is 11.8 Å². The van der Waals surface area contributed by atoms with Gasteiger partial charge in [-0.25, -0.2) is 0 Å². The van der Waals surface area contributed by atoms with E-state index in [1.807, 2.05) is 11.8 Å². The maximum absolute atomic E-state index is 6.49. The summed E-state index contributed by atoms with van der Waals surface area (Å²) in [4.78, 5) is 0. The Morgan fingerprint density at radius 2 is 1.63 bits per heavy atom. The lowest BCUT2D eigenvalue weighted by atomic mass is 9.47. The van der Waals surface area contributed by atoms with E-state index < -0.39 is 0 Å². The second-order valence-electron chi connectivity index (χ2n) is 15.1. The van der Waals surface area contributed by atoms with Crippen molar-refractivity contribution < 1.29 is 4.74 Å². The molecule has 3 saturated carbocycles. The van der Waals surface area contributed by atoms with E-state index in [0.717, 1.165) is 42.1 Å². The average Bonchev–Trinajstić information content (AvgIpc) is 3.25. The van der Waals surface area contributed by atoms with Crippen LogP contribution in [0.4, 0.5) is 0 Å². The molecule has 1 nitrogen and oxygen atoms in total. The van der Waals surface area contributed by atoms with Gasteiger partial charge in [-0.3, -0.25) is 0 Å². The minimum atomic E-state index is 0.460. The molecule has 0 aromatic carbocycles. The molecule has 220 valence electrons. The van der Waals surface area contributed by atoms with E-state index in [9.17, 15) is 0 Å². The minimum absolute atomic E-state index is 0.460. The van der Waals surface area contributed by atoms with Crippen molar-refractivity contribution in [2.24, 2.45) is 46.3 Å². The lowest BCUT2D eigenvalue weighted by Crippen LogP contribution is -2.51. The van der Waals surface area contributed by atoms with Gasteiger partial charge >= 0.3 is 0 Å². The van der Waals surface area contributed by atoms with Crippen LogP contribution in [-0.2, 0) is 4.74 Å². The molecule has 0 aromatic heterocycles. The van der Waals surface area contributed by atoms with E-state index in [1.165, 1.54) is 115 Å². The van der Waals surface area contributed by atoms with Crippen LogP contribution in [0.5, 0.6) is 0 Å². The summed E-state index contributed by atoms with van der Waals surface area (Å²) in [5.41, 5.74) is 2.86. The number of allylic oxidation sites excluding steroid dienone is 1. The lowest BCUT2D eigenvalue weighted by Gasteiger charge is -2.58. The van der Waals surface area contributed by atoms with Crippen molar-refractivity contribution in [3.05, 3.63) is 11.6 Å². The predicted octanol–water partition coefficient (Wildman–Crippen LogP) is 11.1. The molecule has 8 atom stereocenters. The first-order chi connectivity index (χ1) is 18.3. The number of hydrogen-bond acceptors (Lipinski definition) is 2. The smallest absolute Gasteiger partial charge is 0.0612 e. The summed E-state index contributed by atoms with van der Waals surface area (Å²) in [6.07, 6.45) is 29.3. The summed E-state index contributed by atoms with van der Waals surface area (Å²) in [6.45, 7) is 13.8. The highest BCUT2D eigenvalue weighted by atomic mass is 32.2. The van der Waals surface area contributed by atoms with Gasteiger partial charge in [0, 0.05) is 6.61 Å². The van der Waals surface area contributed by atoms with Crippen molar-refractivity contribution in [1.82, 2.24) is 0 Å². The first kappa shape index (κ1) is 31.0. The van der Waals surface area contributed by atoms with E-state index in [2.05, 4.69) is 47.0 Å². The molecule has 4 aliphatic carbocycles. The Hall–Kier alpha value is 0.0500. The Kier molecular flexibility index (Phi) is 11.7. The molecular formula is C36H64OS. The Bertz CT molecular complexity index is 744. The van der Waals surface area contributed by atoms with Gasteiger partial charge in [0.05, 0.1) is 6.10 Å². The molecule has 0 aliphatic heterocycles. The van der Waals surface area contributed by atoms with Crippen molar-refractivity contribution in [2.75, 3.05) is 18.6 Å². The molecule has 0 aromatic rings. The van der Waals surface area contributed by atoms with Gasteiger partial charge in [0.1, 0.15) is 0 Å². The molecule has 0 saturated heterocycles. The number of ether oxygens (including phenoxy) is 1. The molecule has 3 fully saturated rings. The molecule has 0 heterocycles. The van der Waals surface area contributed by atoms with Crippen LogP contribution >= 0.6 is 11.8 Å². The fraction of sp³-hybridized carbons (Fsp3) is 0.944. The van der Waals surface area contributed by atoms with E-state index >= 15 is 0 Å². The Labute approximate surface area is 242 Å². The minimum Gasteiger partial charge on any atom is -0.378 e. The van der Waals surface area contributed by atoms with Crippen LogP contribution in [0.25, 0.3) is 0 Å². The molecule has 38 heavy (non-hydrogen) atoms. The third kappa shape index (κ3) is 7.09. The van der Waals surface area contributed by atoms with Crippen LogP contribution in [0.2, 0.25) is 0 Å². The zero-order chi connectivity index (χ0) is 27.2. The standard InChI is InChI=1S/C36H64OS/c1-27(2)14-13-15-28(3)32-18-19-33-31-17-16-29-26-30(37-24-11-9-7-8-10-12-25-38-6)20-22-35(29,4)34(31)21-23-36(32,33)5/h16,27-28,30-34H,7-15,17-26H2,1-6H3/t28?,30-,31?,32?,33?,34?,35?,36?/m0/s1. The van der Waals surface area contributed by atoms with Gasteiger partial charge in [0.25, 0.3) is 0 Å². The first-order valence-electron chi connectivity index (χ1n) is 17.1. The van der Waals surface area contributed by atoms with E-state index in [1.54, 1.807) is 5.57 Å². The first-order valence-corrected chi connectivity index (χ1v) is 18.5. The Morgan fingerprint density at radius 1 is 0.868 bits per heavy atom. The number of hydrogen-bond donors (Lipinski definition) is 0. The van der Waals surface area contributed by atoms with E-state index in [4.69, 9.17) is 4.74 Å². The quantitative estimate of drug-likeness (QED) is 0.150. The van der Waals surface area contributed by atoms with Crippen LogP contribution < -0.4 is 0 Å². The molecule has 0 radical (unpaired) electrons. The highest BCUT2D eigenvalue weighted by molar-refractivity contribution is 7.98. The van der Waals surface area contributed by atoms with Crippen molar-refractivity contribution in [2.45, 2.75) is 150 Å². The zero-order valence-electron chi connectivity index (χ0n) is 26.4. The molecule has 7 unspecified atom stereocenters. The van der Waals surface area contributed by atoms with Crippen LogP contribution in [0.3, 0.4) is 0 Å². The Balaban J connectivity index is 1.26. The monoisotopic (exact) mass is 544 g/mol. The summed E-state index contributed by atoms with van der Waals surface area (Å²) in [5, 5.41) is 0. The van der Waals surface area contributed by atoms with Crippen molar-refractivity contribution in [3.8, 4) is 0 Å². The second kappa shape index (κ2) is 14.3. The number of unbranched alkanes of at least 4 members (excludes halogenated alkanes) is 5. The molecular weight excluding hydrogens is 480 g/mol. The molecule has 4 rings (SSSR count). The molecule has 2 heteroatoms. The van der Waals surface area contributed by atoms with Gasteiger partial charge in [0.2, 0.25) is 0 Å². The van der Waals surface area contributed by atoms with Gasteiger partial charge in [0.15, 0.2) is 0 Å². The summed E-state index contributed by atoms with van der Waals surface area (Å²) in [6, 6.07) is 0. The average molecular weight is 545 g/mol. The fourth-order valence-corrected chi connectivity index (χ4v) is 10.6. The summed E-state index contributed by atoms with van der Waals surface area (Å²) in [7, 11) is 0. The molecule has 4 aliphatic rings. The van der Waals surface area contributed by atoms with E-state index in [-0.39, 0.29) is 0 Å². The van der Waals surface area contributed by atoms with Gasteiger partial charge in [-0.1, -0.05) is 91.2 Å². The van der Waals surface area contributed by atoms with Crippen molar-refractivity contribution in [3.63, 3.8) is 0 Å². The number of rotatable bonds is 15. The zero-order valence-corrected chi connectivity index (χ0v) is 27.2. The van der Waals surface area contributed by atoms with Crippen molar-refractivity contribution >= 4 is 11.8 Å². The summed E-state index contributed by atoms with van der Waals surface area (Å²) in [5.74, 6) is 6.93. The number of thioether (sulfide) groups is 1. The summed E-state index contributed by atoms with van der Waals surface area (Å²) >= 11 is 1.99. The van der Waals surface area contributed by atoms with Crippen LogP contribution in [0, 0.1) is 46.3 Å². The normalized spacial score (nSPS) is 37.4. The van der Waals surface area contributed by atoms with Crippen LogP contribution in [-0.4, -0.2) is 24.7 Å². The van der Waals surface area contributed by atoms with Gasteiger partial charge < -0.3 is 4.74 Å². The largest absolute Gasteiger partial charge is 0.378 e. The SMILES string of the molecule is CSCCCCCCCCO[C@H]1CCC2(C)C(=CCC3C2CCC2(C)C(C(C)CCCC(C)C)CCC32)C1. The maximum atomic E-state index is 6.49. The molecule has 0 bridgehead atoms. The molecule has 0 spiro atoms. The van der Waals surface area contributed by atoms with Gasteiger partial charge in [-0.15, -0.1) is 0 Å². The molecule has 0 amide bonds. The van der Waals surface area contributed by atoms with Crippen molar-refractivity contribution in [1.29, 1.82) is 0 Å². The fourth-order valence-electron chi connectivity index (χ4n) is 10.1. The third-order valence-corrected chi connectivity index (χ3v) is 13.1. The van der Waals surface area contributed by atoms with E-state index in [0.29, 0.717) is 16.9 Å². The topological polar surface area (TPSA) is 9.23 Å². The third-order valence-electron chi connectivity index (χ3n) is 12.4. The summed E-state index contributed by atoms with van der Waals surface area (Å²) < 4.78 is 6.49. The highest BCUT2D eigenvalue weighted by Crippen LogP contribution is 2.67. The van der Waals surface area contributed by atoms with Crippen LogP contribution in [0.1, 0.15) is 144 Å². The van der Waals surface area contributed by atoms with Gasteiger partial charge in [-0.05, 0) is 123 Å². The molecule has 0 N–H and O–H groups in total.